The minimum atomic E-state index is -0.0177. The highest BCUT2D eigenvalue weighted by molar-refractivity contribution is 7.13. The highest BCUT2D eigenvalue weighted by atomic mass is 32.1. The van der Waals surface area contributed by atoms with E-state index >= 15 is 0 Å². The standard InChI is InChI=1S/C24H23N3O3S/c28-22(13-6-14-23-26-24(27-30-23)21-12-7-15-31-21)25-16-19-10-4-5-11-20(19)29-17-18-8-2-1-3-9-18/h1-5,7-12,15H,6,13-14,16-17H2,(H,25,28). The van der Waals surface area contributed by atoms with E-state index in [2.05, 4.69) is 15.5 Å². The second kappa shape index (κ2) is 10.5. The molecule has 7 heteroatoms. The maximum absolute atomic E-state index is 12.3. The highest BCUT2D eigenvalue weighted by Crippen LogP contribution is 2.22. The fourth-order valence-corrected chi connectivity index (χ4v) is 3.72. The van der Waals surface area contributed by atoms with Crippen LogP contribution in [0.15, 0.2) is 76.6 Å². The van der Waals surface area contributed by atoms with Crippen molar-refractivity contribution in [2.45, 2.75) is 32.4 Å². The molecule has 0 fully saturated rings. The van der Waals surface area contributed by atoms with Crippen LogP contribution in [0.5, 0.6) is 5.75 Å². The normalized spacial score (nSPS) is 10.7. The monoisotopic (exact) mass is 433 g/mol. The predicted molar refractivity (Wildman–Crippen MR) is 120 cm³/mol. The number of carbonyl (C=O) groups excluding carboxylic acids is 1. The Bertz CT molecular complexity index is 1090. The first-order valence-corrected chi connectivity index (χ1v) is 11.0. The molecule has 1 N–H and O–H groups in total. The number of amides is 1. The first-order valence-electron chi connectivity index (χ1n) is 10.2. The molecule has 0 unspecified atom stereocenters. The summed E-state index contributed by atoms with van der Waals surface area (Å²) in [5.74, 6) is 1.91. The third-order valence-corrected chi connectivity index (χ3v) is 5.56. The van der Waals surface area contributed by atoms with E-state index < -0.39 is 0 Å². The number of hydrogen-bond donors (Lipinski definition) is 1. The van der Waals surface area contributed by atoms with Crippen LogP contribution in [0.1, 0.15) is 29.9 Å². The second-order valence-corrected chi connectivity index (χ2v) is 7.95. The van der Waals surface area contributed by atoms with Crippen molar-refractivity contribution in [1.82, 2.24) is 15.5 Å². The van der Waals surface area contributed by atoms with E-state index in [4.69, 9.17) is 9.26 Å². The molecule has 0 bridgehead atoms. The van der Waals surface area contributed by atoms with Gasteiger partial charge >= 0.3 is 0 Å². The van der Waals surface area contributed by atoms with Gasteiger partial charge in [-0.25, -0.2) is 0 Å². The summed E-state index contributed by atoms with van der Waals surface area (Å²) in [6, 6.07) is 21.7. The number of benzene rings is 2. The number of para-hydroxylation sites is 1. The van der Waals surface area contributed by atoms with E-state index in [1.54, 1.807) is 11.3 Å². The third-order valence-electron chi connectivity index (χ3n) is 4.69. The zero-order valence-corrected chi connectivity index (χ0v) is 17.8. The van der Waals surface area contributed by atoms with Crippen molar-refractivity contribution < 1.29 is 14.1 Å². The zero-order chi connectivity index (χ0) is 21.3. The molecule has 4 rings (SSSR count). The summed E-state index contributed by atoms with van der Waals surface area (Å²) < 4.78 is 11.2. The molecule has 0 saturated heterocycles. The van der Waals surface area contributed by atoms with E-state index in [1.807, 2.05) is 72.1 Å². The van der Waals surface area contributed by atoms with Crippen molar-refractivity contribution in [3.05, 3.63) is 89.1 Å². The smallest absolute Gasteiger partial charge is 0.226 e. The Hall–Kier alpha value is -3.45. The summed E-state index contributed by atoms with van der Waals surface area (Å²) in [6.07, 6.45) is 1.61. The van der Waals surface area contributed by atoms with Crippen LogP contribution < -0.4 is 10.1 Å². The van der Waals surface area contributed by atoms with Gasteiger partial charge in [-0.3, -0.25) is 4.79 Å². The molecule has 0 saturated carbocycles. The van der Waals surface area contributed by atoms with Gasteiger partial charge in [0.15, 0.2) is 0 Å². The minimum absolute atomic E-state index is 0.0177. The Morgan fingerprint density at radius 2 is 1.87 bits per heavy atom. The molecular weight excluding hydrogens is 410 g/mol. The van der Waals surface area contributed by atoms with Gasteiger partial charge in [-0.15, -0.1) is 11.3 Å². The number of rotatable bonds is 10. The maximum Gasteiger partial charge on any atom is 0.226 e. The lowest BCUT2D eigenvalue weighted by molar-refractivity contribution is -0.121. The second-order valence-electron chi connectivity index (χ2n) is 7.00. The van der Waals surface area contributed by atoms with Crippen LogP contribution in [-0.2, 0) is 24.4 Å². The first-order chi connectivity index (χ1) is 15.3. The summed E-state index contributed by atoms with van der Waals surface area (Å²) in [5, 5.41) is 8.93. The van der Waals surface area contributed by atoms with E-state index in [0.717, 1.165) is 21.8 Å². The van der Waals surface area contributed by atoms with Crippen LogP contribution in [0, 0.1) is 0 Å². The lowest BCUT2D eigenvalue weighted by atomic mass is 10.2. The quantitative estimate of drug-likeness (QED) is 0.380. The SMILES string of the molecule is O=C(CCCc1nc(-c2cccs2)no1)NCc1ccccc1OCc1ccccc1. The molecule has 0 spiro atoms. The van der Waals surface area contributed by atoms with Crippen molar-refractivity contribution in [2.24, 2.45) is 0 Å². The van der Waals surface area contributed by atoms with Crippen LogP contribution in [-0.4, -0.2) is 16.0 Å². The van der Waals surface area contributed by atoms with Crippen LogP contribution in [0.2, 0.25) is 0 Å². The third kappa shape index (κ3) is 6.02. The fraction of sp³-hybridized carbons (Fsp3) is 0.208. The Kier molecular flexibility index (Phi) is 7.08. The Morgan fingerprint density at radius 1 is 1.03 bits per heavy atom. The van der Waals surface area contributed by atoms with Crippen molar-refractivity contribution in [2.75, 3.05) is 0 Å². The van der Waals surface area contributed by atoms with Gasteiger partial charge in [-0.2, -0.15) is 4.98 Å². The lowest BCUT2D eigenvalue weighted by Crippen LogP contribution is -2.22. The average Bonchev–Trinajstić information content (AvgIpc) is 3.50. The predicted octanol–water partition coefficient (Wildman–Crippen LogP) is 5.02. The molecule has 31 heavy (non-hydrogen) atoms. The largest absolute Gasteiger partial charge is 0.489 e. The molecule has 2 aromatic carbocycles. The Balaban J connectivity index is 1.22. The maximum atomic E-state index is 12.3. The van der Waals surface area contributed by atoms with Gasteiger partial charge in [0.2, 0.25) is 17.6 Å². The number of aryl methyl sites for hydroxylation is 1. The fourth-order valence-electron chi connectivity index (χ4n) is 3.07. The number of hydrogen-bond acceptors (Lipinski definition) is 6. The zero-order valence-electron chi connectivity index (χ0n) is 17.0. The molecule has 158 valence electrons. The van der Waals surface area contributed by atoms with Crippen LogP contribution in [0.4, 0.5) is 0 Å². The average molecular weight is 434 g/mol. The first kappa shape index (κ1) is 20.8. The summed E-state index contributed by atoms with van der Waals surface area (Å²) in [7, 11) is 0. The molecule has 0 aliphatic heterocycles. The summed E-state index contributed by atoms with van der Waals surface area (Å²) in [6.45, 7) is 0.913. The molecule has 1 amide bonds. The van der Waals surface area contributed by atoms with Crippen LogP contribution in [0.25, 0.3) is 10.7 Å². The van der Waals surface area contributed by atoms with Crippen LogP contribution >= 0.6 is 11.3 Å². The van der Waals surface area contributed by atoms with E-state index in [0.29, 0.717) is 44.1 Å². The summed E-state index contributed by atoms with van der Waals surface area (Å²) in [5.41, 5.74) is 2.05. The van der Waals surface area contributed by atoms with Gasteiger partial charge in [-0.05, 0) is 29.5 Å². The molecule has 2 aromatic heterocycles. The van der Waals surface area contributed by atoms with Gasteiger partial charge < -0.3 is 14.6 Å². The Morgan fingerprint density at radius 3 is 2.71 bits per heavy atom. The van der Waals surface area contributed by atoms with Gasteiger partial charge in [0, 0.05) is 24.9 Å². The van der Waals surface area contributed by atoms with E-state index in [9.17, 15) is 4.79 Å². The van der Waals surface area contributed by atoms with Crippen molar-refractivity contribution in [3.63, 3.8) is 0 Å². The summed E-state index contributed by atoms with van der Waals surface area (Å²) >= 11 is 1.57. The molecule has 0 radical (unpaired) electrons. The van der Waals surface area contributed by atoms with E-state index in [1.165, 1.54) is 0 Å². The van der Waals surface area contributed by atoms with Crippen molar-refractivity contribution >= 4 is 17.2 Å². The molecule has 0 atom stereocenters. The topological polar surface area (TPSA) is 77.2 Å². The van der Waals surface area contributed by atoms with E-state index in [-0.39, 0.29) is 5.91 Å². The minimum Gasteiger partial charge on any atom is -0.489 e. The van der Waals surface area contributed by atoms with Gasteiger partial charge in [-0.1, -0.05) is 59.8 Å². The molecule has 2 heterocycles. The molecule has 0 aliphatic carbocycles. The number of carbonyl (C=O) groups is 1. The van der Waals surface area contributed by atoms with Gasteiger partial charge in [0.1, 0.15) is 12.4 Å². The van der Waals surface area contributed by atoms with Crippen LogP contribution in [0.3, 0.4) is 0 Å². The number of ether oxygens (including phenoxy) is 1. The van der Waals surface area contributed by atoms with Crippen molar-refractivity contribution in [1.29, 1.82) is 0 Å². The Labute approximate surface area is 184 Å². The van der Waals surface area contributed by atoms with Gasteiger partial charge in [0.25, 0.3) is 0 Å². The highest BCUT2D eigenvalue weighted by Gasteiger charge is 2.11. The number of aromatic nitrogens is 2. The van der Waals surface area contributed by atoms with Crippen molar-refractivity contribution in [3.8, 4) is 16.5 Å². The lowest BCUT2D eigenvalue weighted by Gasteiger charge is -2.12. The molecular formula is C24H23N3O3S. The summed E-state index contributed by atoms with van der Waals surface area (Å²) in [4.78, 5) is 17.6. The molecule has 6 nitrogen and oxygen atoms in total. The van der Waals surface area contributed by atoms with Gasteiger partial charge in [0.05, 0.1) is 4.88 Å². The molecule has 0 aliphatic rings. The number of nitrogens with one attached hydrogen (secondary N) is 1. The number of nitrogens with zero attached hydrogens (tertiary/aromatic N) is 2. The molecule has 4 aromatic rings. The number of thiophene rings is 1.